The summed E-state index contributed by atoms with van der Waals surface area (Å²) >= 11 is 0. The van der Waals surface area contributed by atoms with Crippen molar-refractivity contribution in [3.8, 4) is 12.3 Å². The van der Waals surface area contributed by atoms with Crippen molar-refractivity contribution in [1.82, 2.24) is 15.5 Å². The van der Waals surface area contributed by atoms with E-state index >= 15 is 0 Å². The number of allylic oxidation sites excluding steroid dienone is 2. The van der Waals surface area contributed by atoms with Crippen LogP contribution in [0.25, 0.3) is 0 Å². The van der Waals surface area contributed by atoms with Crippen LogP contribution in [-0.2, 0) is 9.59 Å². The molecule has 6 heteroatoms. The Kier molecular flexibility index (Phi) is 4.37. The van der Waals surface area contributed by atoms with Crippen molar-refractivity contribution in [2.24, 2.45) is 28.7 Å². The van der Waals surface area contributed by atoms with E-state index in [1.807, 2.05) is 0 Å². The SMILES string of the molecule is C#CCCNC(=NC)NCCN1C(=O)C2C3C=CC(C3)C2C1=O. The van der Waals surface area contributed by atoms with Gasteiger partial charge in [-0.25, -0.2) is 0 Å². The Balaban J connectivity index is 1.51. The molecule has 0 radical (unpaired) electrons. The van der Waals surface area contributed by atoms with E-state index in [4.69, 9.17) is 6.42 Å². The van der Waals surface area contributed by atoms with Gasteiger partial charge in [0, 0.05) is 33.1 Å². The molecule has 0 aromatic rings. The molecule has 2 bridgehead atoms. The van der Waals surface area contributed by atoms with Crippen LogP contribution in [-0.4, -0.2) is 49.4 Å². The lowest BCUT2D eigenvalue weighted by molar-refractivity contribution is -0.140. The first-order valence-electron chi connectivity index (χ1n) is 8.09. The van der Waals surface area contributed by atoms with E-state index in [-0.39, 0.29) is 35.5 Å². The Bertz CT molecular complexity index is 574. The zero-order chi connectivity index (χ0) is 16.4. The van der Waals surface area contributed by atoms with Gasteiger partial charge in [-0.2, -0.15) is 0 Å². The third-order valence-corrected chi connectivity index (χ3v) is 4.97. The zero-order valence-electron chi connectivity index (χ0n) is 13.3. The number of hydrogen-bond acceptors (Lipinski definition) is 3. The van der Waals surface area contributed by atoms with Crippen molar-refractivity contribution < 1.29 is 9.59 Å². The number of rotatable bonds is 5. The number of amides is 2. The third kappa shape index (κ3) is 2.72. The number of terminal acetylenes is 1. The first-order valence-corrected chi connectivity index (χ1v) is 8.09. The molecule has 2 amide bonds. The van der Waals surface area contributed by atoms with Gasteiger partial charge in [-0.1, -0.05) is 12.2 Å². The normalized spacial score (nSPS) is 31.5. The molecule has 0 aromatic heterocycles. The quantitative estimate of drug-likeness (QED) is 0.187. The summed E-state index contributed by atoms with van der Waals surface area (Å²) in [5.74, 6) is 3.45. The highest BCUT2D eigenvalue weighted by molar-refractivity contribution is 6.06. The molecular weight excluding hydrogens is 292 g/mol. The lowest BCUT2D eigenvalue weighted by atomic mass is 9.85. The average molecular weight is 314 g/mol. The second kappa shape index (κ2) is 6.45. The third-order valence-electron chi connectivity index (χ3n) is 4.97. The predicted octanol–water partition coefficient (Wildman–Crippen LogP) is -0.0182. The summed E-state index contributed by atoms with van der Waals surface area (Å²) < 4.78 is 0. The summed E-state index contributed by atoms with van der Waals surface area (Å²) in [6.07, 6.45) is 11.0. The van der Waals surface area contributed by atoms with Crippen LogP contribution in [0, 0.1) is 36.0 Å². The number of nitrogens with one attached hydrogen (secondary N) is 2. The number of carbonyl (C=O) groups excluding carboxylic acids is 2. The molecule has 2 fully saturated rings. The molecular formula is C17H22N4O2. The molecule has 2 aliphatic carbocycles. The summed E-state index contributed by atoms with van der Waals surface area (Å²) in [5.41, 5.74) is 0. The van der Waals surface area contributed by atoms with E-state index in [1.165, 1.54) is 4.90 Å². The Hall–Kier alpha value is -2.29. The van der Waals surface area contributed by atoms with Gasteiger partial charge in [0.25, 0.3) is 0 Å². The van der Waals surface area contributed by atoms with Crippen LogP contribution in [0.3, 0.4) is 0 Å². The van der Waals surface area contributed by atoms with Crippen molar-refractivity contribution in [3.05, 3.63) is 12.2 Å². The van der Waals surface area contributed by atoms with Gasteiger partial charge >= 0.3 is 0 Å². The number of fused-ring (bicyclic) bond motifs is 5. The van der Waals surface area contributed by atoms with Crippen molar-refractivity contribution in [1.29, 1.82) is 0 Å². The molecule has 122 valence electrons. The van der Waals surface area contributed by atoms with Gasteiger partial charge in [-0.15, -0.1) is 12.3 Å². The molecule has 6 nitrogen and oxygen atoms in total. The molecule has 23 heavy (non-hydrogen) atoms. The fourth-order valence-corrected chi connectivity index (χ4v) is 3.94. The van der Waals surface area contributed by atoms with E-state index < -0.39 is 0 Å². The Morgan fingerprint density at radius 2 is 1.87 bits per heavy atom. The molecule has 1 heterocycles. The molecule has 0 aromatic carbocycles. The Morgan fingerprint density at radius 3 is 2.43 bits per heavy atom. The maximum absolute atomic E-state index is 12.5. The first kappa shape index (κ1) is 15.6. The predicted molar refractivity (Wildman–Crippen MR) is 87.3 cm³/mol. The first-order chi connectivity index (χ1) is 11.2. The van der Waals surface area contributed by atoms with Gasteiger partial charge in [-0.05, 0) is 18.3 Å². The fraction of sp³-hybridized carbons (Fsp3) is 0.588. The smallest absolute Gasteiger partial charge is 0.233 e. The van der Waals surface area contributed by atoms with Crippen molar-refractivity contribution in [3.63, 3.8) is 0 Å². The molecule has 3 rings (SSSR count). The Morgan fingerprint density at radius 1 is 1.26 bits per heavy atom. The highest BCUT2D eigenvalue weighted by atomic mass is 16.2. The lowest BCUT2D eigenvalue weighted by Gasteiger charge is -2.18. The minimum atomic E-state index is -0.120. The van der Waals surface area contributed by atoms with E-state index in [1.54, 1.807) is 7.05 Å². The number of nitrogens with zero attached hydrogens (tertiary/aromatic N) is 2. The summed E-state index contributed by atoms with van der Waals surface area (Å²) in [6.45, 7) is 1.49. The summed E-state index contributed by atoms with van der Waals surface area (Å²) in [4.78, 5) is 30.5. The molecule has 1 aliphatic heterocycles. The number of carbonyl (C=O) groups is 2. The van der Waals surface area contributed by atoms with Gasteiger partial charge < -0.3 is 10.6 Å². The minimum Gasteiger partial charge on any atom is -0.355 e. The van der Waals surface area contributed by atoms with Crippen molar-refractivity contribution in [2.45, 2.75) is 12.8 Å². The molecule has 1 saturated carbocycles. The highest BCUT2D eigenvalue weighted by Crippen LogP contribution is 2.52. The average Bonchev–Trinajstić information content (AvgIpc) is 3.22. The summed E-state index contributed by atoms with van der Waals surface area (Å²) in [6, 6.07) is 0. The number of imide groups is 1. The summed E-state index contributed by atoms with van der Waals surface area (Å²) in [5, 5.41) is 6.19. The van der Waals surface area contributed by atoms with E-state index in [9.17, 15) is 9.59 Å². The maximum Gasteiger partial charge on any atom is 0.233 e. The molecule has 4 atom stereocenters. The number of likely N-dealkylation sites (tertiary alicyclic amines) is 1. The second-order valence-electron chi connectivity index (χ2n) is 6.21. The van der Waals surface area contributed by atoms with Crippen LogP contribution in [0.2, 0.25) is 0 Å². The van der Waals surface area contributed by atoms with E-state index in [0.717, 1.165) is 6.42 Å². The second-order valence-corrected chi connectivity index (χ2v) is 6.21. The zero-order valence-corrected chi connectivity index (χ0v) is 13.3. The van der Waals surface area contributed by atoms with Crippen LogP contribution < -0.4 is 10.6 Å². The van der Waals surface area contributed by atoms with Crippen LogP contribution in [0.5, 0.6) is 0 Å². The monoisotopic (exact) mass is 314 g/mol. The maximum atomic E-state index is 12.5. The van der Waals surface area contributed by atoms with Gasteiger partial charge in [0.15, 0.2) is 5.96 Å². The van der Waals surface area contributed by atoms with Crippen LogP contribution in [0.15, 0.2) is 17.1 Å². The minimum absolute atomic E-state index is 0.00562. The van der Waals surface area contributed by atoms with Crippen molar-refractivity contribution >= 4 is 17.8 Å². The number of guanidine groups is 1. The van der Waals surface area contributed by atoms with Gasteiger partial charge in [0.1, 0.15) is 0 Å². The van der Waals surface area contributed by atoms with Gasteiger partial charge in [0.2, 0.25) is 11.8 Å². The lowest BCUT2D eigenvalue weighted by Crippen LogP contribution is -2.43. The van der Waals surface area contributed by atoms with Gasteiger partial charge in [-0.3, -0.25) is 19.5 Å². The standard InChI is InChI=1S/C17H22N4O2/c1-3-4-7-19-17(18-2)20-8-9-21-15(22)13-11-5-6-12(10-11)14(13)16(21)23/h1,5-6,11-14H,4,7-10H2,2H3,(H2,18,19,20). The fourth-order valence-electron chi connectivity index (χ4n) is 3.94. The molecule has 3 aliphatic rings. The van der Waals surface area contributed by atoms with Crippen LogP contribution >= 0.6 is 0 Å². The van der Waals surface area contributed by atoms with Crippen LogP contribution in [0.1, 0.15) is 12.8 Å². The number of hydrogen-bond donors (Lipinski definition) is 2. The van der Waals surface area contributed by atoms with Crippen molar-refractivity contribution in [2.75, 3.05) is 26.7 Å². The molecule has 4 unspecified atom stereocenters. The van der Waals surface area contributed by atoms with E-state index in [2.05, 4.69) is 33.7 Å². The topological polar surface area (TPSA) is 73.8 Å². The largest absolute Gasteiger partial charge is 0.355 e. The molecule has 2 N–H and O–H groups in total. The van der Waals surface area contributed by atoms with Gasteiger partial charge in [0.05, 0.1) is 11.8 Å². The van der Waals surface area contributed by atoms with E-state index in [0.29, 0.717) is 32.0 Å². The molecule has 1 saturated heterocycles. The Labute approximate surface area is 136 Å². The highest BCUT2D eigenvalue weighted by Gasteiger charge is 2.58. The summed E-state index contributed by atoms with van der Waals surface area (Å²) in [7, 11) is 1.67. The van der Waals surface area contributed by atoms with Crippen LogP contribution in [0.4, 0.5) is 0 Å². The molecule has 0 spiro atoms. The number of aliphatic imine (C=N–C) groups is 1.